The van der Waals surface area contributed by atoms with Gasteiger partial charge in [-0.1, -0.05) is 0 Å². The van der Waals surface area contributed by atoms with Gasteiger partial charge in [0.05, 0.1) is 12.1 Å². The molecule has 1 aromatic heterocycles. The fourth-order valence-electron chi connectivity index (χ4n) is 2.12. The third kappa shape index (κ3) is 2.24. The van der Waals surface area contributed by atoms with E-state index in [1.165, 1.54) is 0 Å². The maximum Gasteiger partial charge on any atom is 0.230 e. The van der Waals surface area contributed by atoms with Crippen molar-refractivity contribution in [2.24, 2.45) is 13.0 Å². The SMILES string of the molecule is CC1NCCCC1C(=O)Nc1ccnn1C. The molecule has 1 aliphatic rings. The predicted molar refractivity (Wildman–Crippen MR) is 62.0 cm³/mol. The Morgan fingerprint density at radius 2 is 2.50 bits per heavy atom. The topological polar surface area (TPSA) is 59.0 Å². The number of hydrogen-bond donors (Lipinski definition) is 2. The summed E-state index contributed by atoms with van der Waals surface area (Å²) in [4.78, 5) is 12.0. The van der Waals surface area contributed by atoms with Crippen LogP contribution in [0.15, 0.2) is 12.3 Å². The Kier molecular flexibility index (Phi) is 3.24. The van der Waals surface area contributed by atoms with Gasteiger partial charge in [0.15, 0.2) is 0 Å². The molecule has 2 unspecified atom stereocenters. The van der Waals surface area contributed by atoms with Crippen LogP contribution in [-0.2, 0) is 11.8 Å². The van der Waals surface area contributed by atoms with Crippen molar-refractivity contribution in [2.75, 3.05) is 11.9 Å². The standard InChI is InChI=1S/C11H18N4O/c1-8-9(4-3-6-12-8)11(16)14-10-5-7-13-15(10)2/h5,7-9,12H,3-4,6H2,1-2H3,(H,14,16). The molecule has 2 atom stereocenters. The highest BCUT2D eigenvalue weighted by Gasteiger charge is 2.27. The third-order valence-corrected chi connectivity index (χ3v) is 3.17. The molecule has 0 radical (unpaired) electrons. The number of amides is 1. The Balaban J connectivity index is 2.00. The van der Waals surface area contributed by atoms with Crippen molar-refractivity contribution in [2.45, 2.75) is 25.8 Å². The Bertz CT molecular complexity index is 374. The maximum atomic E-state index is 12.0. The number of aromatic nitrogens is 2. The monoisotopic (exact) mass is 222 g/mol. The lowest BCUT2D eigenvalue weighted by molar-refractivity contribution is -0.121. The van der Waals surface area contributed by atoms with E-state index in [2.05, 4.69) is 22.7 Å². The van der Waals surface area contributed by atoms with Crippen LogP contribution in [0.1, 0.15) is 19.8 Å². The molecule has 1 aliphatic heterocycles. The summed E-state index contributed by atoms with van der Waals surface area (Å²) in [6.45, 7) is 3.07. The predicted octanol–water partition coefficient (Wildman–Crippen LogP) is 0.747. The molecule has 1 saturated heterocycles. The number of hydrogen-bond acceptors (Lipinski definition) is 3. The van der Waals surface area contributed by atoms with Crippen molar-refractivity contribution in [3.05, 3.63) is 12.3 Å². The first-order chi connectivity index (χ1) is 7.68. The number of nitrogens with one attached hydrogen (secondary N) is 2. The third-order valence-electron chi connectivity index (χ3n) is 3.17. The maximum absolute atomic E-state index is 12.0. The van der Waals surface area contributed by atoms with Gasteiger partial charge in [-0.25, -0.2) is 0 Å². The smallest absolute Gasteiger partial charge is 0.230 e. The van der Waals surface area contributed by atoms with Crippen molar-refractivity contribution in [3.63, 3.8) is 0 Å². The number of carbonyl (C=O) groups is 1. The second-order valence-corrected chi connectivity index (χ2v) is 4.32. The average molecular weight is 222 g/mol. The van der Waals surface area contributed by atoms with Crippen LogP contribution < -0.4 is 10.6 Å². The van der Waals surface area contributed by atoms with Gasteiger partial charge >= 0.3 is 0 Å². The average Bonchev–Trinajstić information content (AvgIpc) is 2.65. The molecule has 0 aliphatic carbocycles. The van der Waals surface area contributed by atoms with Gasteiger partial charge in [-0.2, -0.15) is 5.10 Å². The molecular formula is C11H18N4O. The van der Waals surface area contributed by atoms with Crippen molar-refractivity contribution in [3.8, 4) is 0 Å². The first kappa shape index (κ1) is 11.1. The normalized spacial score (nSPS) is 25.4. The molecule has 5 heteroatoms. The van der Waals surface area contributed by atoms with E-state index in [-0.39, 0.29) is 17.9 Å². The van der Waals surface area contributed by atoms with E-state index in [4.69, 9.17) is 0 Å². The number of aryl methyl sites for hydroxylation is 1. The lowest BCUT2D eigenvalue weighted by atomic mass is 9.91. The van der Waals surface area contributed by atoms with Gasteiger partial charge in [0, 0.05) is 19.2 Å². The molecule has 2 heterocycles. The lowest BCUT2D eigenvalue weighted by Gasteiger charge is -2.28. The summed E-state index contributed by atoms with van der Waals surface area (Å²) in [5.74, 6) is 0.898. The summed E-state index contributed by atoms with van der Waals surface area (Å²) in [6, 6.07) is 2.06. The molecule has 0 spiro atoms. The van der Waals surface area contributed by atoms with Gasteiger partial charge in [-0.15, -0.1) is 0 Å². The molecule has 88 valence electrons. The minimum atomic E-state index is 0.0589. The van der Waals surface area contributed by atoms with Crippen LogP contribution in [0.3, 0.4) is 0 Å². The van der Waals surface area contributed by atoms with E-state index in [1.54, 1.807) is 16.9 Å². The molecule has 1 aromatic rings. The van der Waals surface area contributed by atoms with Crippen LogP contribution in [-0.4, -0.2) is 28.3 Å². The van der Waals surface area contributed by atoms with Gasteiger partial charge < -0.3 is 10.6 Å². The van der Waals surface area contributed by atoms with Crippen LogP contribution in [0.5, 0.6) is 0 Å². The van der Waals surface area contributed by atoms with E-state index in [9.17, 15) is 4.79 Å². The summed E-state index contributed by atoms with van der Waals surface area (Å²) >= 11 is 0. The second-order valence-electron chi connectivity index (χ2n) is 4.32. The van der Waals surface area contributed by atoms with Crippen molar-refractivity contribution in [1.29, 1.82) is 0 Å². The lowest BCUT2D eigenvalue weighted by Crippen LogP contribution is -2.44. The fourth-order valence-corrected chi connectivity index (χ4v) is 2.12. The summed E-state index contributed by atoms with van der Waals surface area (Å²) in [5.41, 5.74) is 0. The van der Waals surface area contributed by atoms with Gasteiger partial charge in [0.2, 0.25) is 5.91 Å². The first-order valence-electron chi connectivity index (χ1n) is 5.70. The van der Waals surface area contributed by atoms with Crippen molar-refractivity contribution in [1.82, 2.24) is 15.1 Å². The number of rotatable bonds is 2. The minimum absolute atomic E-state index is 0.0589. The Hall–Kier alpha value is -1.36. The van der Waals surface area contributed by atoms with E-state index < -0.39 is 0 Å². The summed E-state index contributed by atoms with van der Waals surface area (Å²) in [5, 5.41) is 10.3. The van der Waals surface area contributed by atoms with E-state index in [1.807, 2.05) is 7.05 Å². The summed E-state index contributed by atoms with van der Waals surface area (Å²) < 4.78 is 1.67. The van der Waals surface area contributed by atoms with E-state index >= 15 is 0 Å². The number of nitrogens with zero attached hydrogens (tertiary/aromatic N) is 2. The Morgan fingerprint density at radius 1 is 1.69 bits per heavy atom. The molecular weight excluding hydrogens is 204 g/mol. The van der Waals surface area contributed by atoms with Crippen LogP contribution >= 0.6 is 0 Å². The van der Waals surface area contributed by atoms with Crippen molar-refractivity contribution < 1.29 is 4.79 Å². The molecule has 1 amide bonds. The van der Waals surface area contributed by atoms with Gasteiger partial charge in [0.25, 0.3) is 0 Å². The number of carbonyl (C=O) groups excluding carboxylic acids is 1. The molecule has 16 heavy (non-hydrogen) atoms. The molecule has 1 fully saturated rings. The Morgan fingerprint density at radius 3 is 3.12 bits per heavy atom. The molecule has 5 nitrogen and oxygen atoms in total. The molecule has 2 rings (SSSR count). The molecule has 0 saturated carbocycles. The first-order valence-corrected chi connectivity index (χ1v) is 5.70. The van der Waals surface area contributed by atoms with E-state index in [0.29, 0.717) is 0 Å². The van der Waals surface area contributed by atoms with E-state index in [0.717, 1.165) is 25.2 Å². The molecule has 0 aromatic carbocycles. The number of piperidine rings is 1. The highest BCUT2D eigenvalue weighted by Crippen LogP contribution is 2.18. The zero-order valence-corrected chi connectivity index (χ0v) is 9.73. The summed E-state index contributed by atoms with van der Waals surface area (Å²) in [7, 11) is 1.82. The molecule has 0 bridgehead atoms. The van der Waals surface area contributed by atoms with Gasteiger partial charge in [0.1, 0.15) is 5.82 Å². The Labute approximate surface area is 95.2 Å². The van der Waals surface area contributed by atoms with Crippen molar-refractivity contribution >= 4 is 11.7 Å². The van der Waals surface area contributed by atoms with Crippen LogP contribution in [0, 0.1) is 5.92 Å². The van der Waals surface area contributed by atoms with Crippen LogP contribution in [0.25, 0.3) is 0 Å². The van der Waals surface area contributed by atoms with Crippen LogP contribution in [0.4, 0.5) is 5.82 Å². The molecule has 2 N–H and O–H groups in total. The zero-order chi connectivity index (χ0) is 11.5. The second kappa shape index (κ2) is 4.65. The van der Waals surface area contributed by atoms with Gasteiger partial charge in [-0.05, 0) is 26.3 Å². The largest absolute Gasteiger partial charge is 0.313 e. The highest BCUT2D eigenvalue weighted by atomic mass is 16.2. The fraction of sp³-hybridized carbons (Fsp3) is 0.636. The van der Waals surface area contributed by atoms with Crippen LogP contribution in [0.2, 0.25) is 0 Å². The minimum Gasteiger partial charge on any atom is -0.313 e. The number of anilines is 1. The zero-order valence-electron chi connectivity index (χ0n) is 9.73. The highest BCUT2D eigenvalue weighted by molar-refractivity contribution is 5.92. The quantitative estimate of drug-likeness (QED) is 0.776. The summed E-state index contributed by atoms with van der Waals surface area (Å²) in [6.07, 6.45) is 3.70. The van der Waals surface area contributed by atoms with Gasteiger partial charge in [-0.3, -0.25) is 9.48 Å².